The summed E-state index contributed by atoms with van der Waals surface area (Å²) in [5, 5.41) is 10.7. The first-order valence-corrected chi connectivity index (χ1v) is 7.62. The Morgan fingerprint density at radius 1 is 1.37 bits per heavy atom. The van der Waals surface area contributed by atoms with Crippen LogP contribution >= 0.6 is 27.5 Å². The standard InChI is InChI=1S/C14H18BrClFNO/c1-9(2)18-7-5-14(19,6-8-18)10-3-4-11(15)12(16)13(10)17/h3-4,9,19H,5-8H2,1-2H3. The van der Waals surface area contributed by atoms with Crippen LogP contribution in [0.2, 0.25) is 5.02 Å². The molecule has 0 unspecified atom stereocenters. The lowest BCUT2D eigenvalue weighted by Gasteiger charge is -2.40. The molecule has 0 amide bonds. The number of benzene rings is 1. The van der Waals surface area contributed by atoms with Crippen molar-refractivity contribution in [2.45, 2.75) is 38.3 Å². The van der Waals surface area contributed by atoms with Gasteiger partial charge in [-0.1, -0.05) is 17.7 Å². The third-order valence-corrected chi connectivity index (χ3v) is 5.15. The fourth-order valence-corrected chi connectivity index (χ4v) is 3.04. The average Bonchev–Trinajstić information content (AvgIpc) is 2.36. The highest BCUT2D eigenvalue weighted by atomic mass is 79.9. The first kappa shape index (κ1) is 15.2. The zero-order valence-corrected chi connectivity index (χ0v) is 13.4. The molecule has 0 radical (unpaired) electrons. The van der Waals surface area contributed by atoms with E-state index in [-0.39, 0.29) is 5.02 Å². The number of aliphatic hydroxyl groups is 1. The molecule has 19 heavy (non-hydrogen) atoms. The molecular weight excluding hydrogens is 333 g/mol. The molecule has 1 aromatic carbocycles. The Kier molecular flexibility index (Phi) is 4.56. The van der Waals surface area contributed by atoms with Gasteiger partial charge in [0.1, 0.15) is 5.82 Å². The van der Waals surface area contributed by atoms with Gasteiger partial charge in [0.2, 0.25) is 0 Å². The Labute approximate surface area is 126 Å². The lowest BCUT2D eigenvalue weighted by molar-refractivity contribution is -0.0347. The van der Waals surface area contributed by atoms with Crippen molar-refractivity contribution in [3.05, 3.63) is 33.0 Å². The van der Waals surface area contributed by atoms with Crippen LogP contribution in [0.3, 0.4) is 0 Å². The van der Waals surface area contributed by atoms with Crippen molar-refractivity contribution in [3.8, 4) is 0 Å². The number of likely N-dealkylation sites (tertiary alicyclic amines) is 1. The lowest BCUT2D eigenvalue weighted by Crippen LogP contribution is -2.45. The van der Waals surface area contributed by atoms with Crippen LogP contribution in [0, 0.1) is 5.82 Å². The van der Waals surface area contributed by atoms with E-state index in [1.165, 1.54) is 0 Å². The summed E-state index contributed by atoms with van der Waals surface area (Å²) in [6, 6.07) is 3.76. The Hall–Kier alpha value is -0.160. The molecule has 2 nitrogen and oxygen atoms in total. The van der Waals surface area contributed by atoms with Gasteiger partial charge in [-0.2, -0.15) is 0 Å². The van der Waals surface area contributed by atoms with Gasteiger partial charge in [-0.25, -0.2) is 4.39 Å². The smallest absolute Gasteiger partial charge is 0.149 e. The molecule has 1 fully saturated rings. The van der Waals surface area contributed by atoms with Crippen LogP contribution in [0.15, 0.2) is 16.6 Å². The highest BCUT2D eigenvalue weighted by Crippen LogP contribution is 2.38. The van der Waals surface area contributed by atoms with Crippen LogP contribution in [0.4, 0.5) is 4.39 Å². The molecule has 1 saturated heterocycles. The van der Waals surface area contributed by atoms with Crippen molar-refractivity contribution < 1.29 is 9.50 Å². The van der Waals surface area contributed by atoms with Gasteiger partial charge in [0.15, 0.2) is 0 Å². The quantitative estimate of drug-likeness (QED) is 0.817. The zero-order valence-electron chi connectivity index (χ0n) is 11.1. The summed E-state index contributed by atoms with van der Waals surface area (Å²) < 4.78 is 14.7. The van der Waals surface area contributed by atoms with Crippen molar-refractivity contribution in [2.75, 3.05) is 13.1 Å². The van der Waals surface area contributed by atoms with Gasteiger partial charge >= 0.3 is 0 Å². The number of piperidine rings is 1. The Morgan fingerprint density at radius 3 is 2.47 bits per heavy atom. The maximum absolute atomic E-state index is 14.2. The third-order valence-electron chi connectivity index (χ3n) is 3.89. The monoisotopic (exact) mass is 349 g/mol. The van der Waals surface area contributed by atoms with Crippen LogP contribution < -0.4 is 0 Å². The second-order valence-corrected chi connectivity index (χ2v) is 6.62. The van der Waals surface area contributed by atoms with Crippen molar-refractivity contribution >= 4 is 27.5 Å². The zero-order chi connectivity index (χ0) is 14.2. The molecule has 1 N–H and O–H groups in total. The van der Waals surface area contributed by atoms with E-state index in [2.05, 4.69) is 34.7 Å². The van der Waals surface area contributed by atoms with Gasteiger partial charge in [-0.3, -0.25) is 0 Å². The van der Waals surface area contributed by atoms with Crippen LogP contribution in [-0.2, 0) is 5.60 Å². The summed E-state index contributed by atoms with van der Waals surface area (Å²) in [5.74, 6) is -0.517. The van der Waals surface area contributed by atoms with Crippen LogP contribution in [0.5, 0.6) is 0 Å². The number of nitrogens with zero attached hydrogens (tertiary/aromatic N) is 1. The number of rotatable bonds is 2. The summed E-state index contributed by atoms with van der Waals surface area (Å²) >= 11 is 9.09. The van der Waals surface area contributed by atoms with Crippen molar-refractivity contribution in [1.29, 1.82) is 0 Å². The normalized spacial score (nSPS) is 19.9. The topological polar surface area (TPSA) is 23.5 Å². The highest BCUT2D eigenvalue weighted by molar-refractivity contribution is 9.10. The molecule has 1 aliphatic rings. The van der Waals surface area contributed by atoms with Gasteiger partial charge in [0.05, 0.1) is 10.6 Å². The van der Waals surface area contributed by atoms with Crippen molar-refractivity contribution in [3.63, 3.8) is 0 Å². The second-order valence-electron chi connectivity index (χ2n) is 5.38. The molecule has 0 aliphatic carbocycles. The molecule has 0 atom stereocenters. The second kappa shape index (κ2) is 5.68. The van der Waals surface area contributed by atoms with Crippen molar-refractivity contribution in [1.82, 2.24) is 4.90 Å². The third kappa shape index (κ3) is 2.97. The van der Waals surface area contributed by atoms with Crippen LogP contribution in [-0.4, -0.2) is 29.1 Å². The lowest BCUT2D eigenvalue weighted by atomic mass is 9.84. The summed E-state index contributed by atoms with van der Waals surface area (Å²) in [7, 11) is 0. The maximum atomic E-state index is 14.2. The predicted octanol–water partition coefficient (Wildman–Crippen LogP) is 3.93. The molecule has 0 spiro atoms. The Bertz CT molecular complexity index is 473. The molecule has 1 aromatic rings. The molecule has 1 aliphatic heterocycles. The van der Waals surface area contributed by atoms with E-state index in [0.29, 0.717) is 28.9 Å². The van der Waals surface area contributed by atoms with Gasteiger partial charge in [-0.05, 0) is 48.7 Å². The van der Waals surface area contributed by atoms with Gasteiger partial charge in [0.25, 0.3) is 0 Å². The minimum Gasteiger partial charge on any atom is -0.385 e. The first-order chi connectivity index (χ1) is 8.85. The molecule has 0 bridgehead atoms. The van der Waals surface area contributed by atoms with E-state index in [1.807, 2.05) is 0 Å². The van der Waals surface area contributed by atoms with E-state index in [1.54, 1.807) is 12.1 Å². The van der Waals surface area contributed by atoms with Gasteiger partial charge in [-0.15, -0.1) is 0 Å². The van der Waals surface area contributed by atoms with Crippen LogP contribution in [0.25, 0.3) is 0 Å². The van der Waals surface area contributed by atoms with Gasteiger partial charge in [0, 0.05) is 29.2 Å². The maximum Gasteiger partial charge on any atom is 0.149 e. The molecule has 1 heterocycles. The minimum absolute atomic E-state index is 0.0391. The largest absolute Gasteiger partial charge is 0.385 e. The molecule has 0 saturated carbocycles. The SMILES string of the molecule is CC(C)N1CCC(O)(c2ccc(Br)c(Cl)c2F)CC1. The summed E-state index contributed by atoms with van der Waals surface area (Å²) in [6.45, 7) is 5.78. The number of halogens is 3. The summed E-state index contributed by atoms with van der Waals surface area (Å²) in [5.41, 5.74) is -0.802. The average molecular weight is 351 g/mol. The molecule has 106 valence electrons. The van der Waals surface area contributed by atoms with E-state index in [4.69, 9.17) is 11.6 Å². The van der Waals surface area contributed by atoms with E-state index >= 15 is 0 Å². The van der Waals surface area contributed by atoms with Crippen LogP contribution in [0.1, 0.15) is 32.3 Å². The number of hydrogen-bond donors (Lipinski definition) is 1. The predicted molar refractivity (Wildman–Crippen MR) is 78.9 cm³/mol. The first-order valence-electron chi connectivity index (χ1n) is 6.45. The van der Waals surface area contributed by atoms with Crippen molar-refractivity contribution in [2.24, 2.45) is 0 Å². The van der Waals surface area contributed by atoms with E-state index < -0.39 is 11.4 Å². The Morgan fingerprint density at radius 2 is 1.95 bits per heavy atom. The summed E-state index contributed by atoms with van der Waals surface area (Å²) in [4.78, 5) is 2.28. The van der Waals surface area contributed by atoms with Gasteiger partial charge < -0.3 is 10.0 Å². The molecule has 0 aromatic heterocycles. The molecule has 2 rings (SSSR count). The van der Waals surface area contributed by atoms with E-state index in [0.717, 1.165) is 13.1 Å². The molecular formula is C14H18BrClFNO. The minimum atomic E-state index is -1.11. The highest BCUT2D eigenvalue weighted by Gasteiger charge is 2.37. The molecule has 5 heteroatoms. The summed E-state index contributed by atoms with van der Waals surface area (Å²) in [6.07, 6.45) is 1.06. The Balaban J connectivity index is 2.25. The fraction of sp³-hybridized carbons (Fsp3) is 0.571. The fourth-order valence-electron chi connectivity index (χ4n) is 2.56. The van der Waals surface area contributed by atoms with E-state index in [9.17, 15) is 9.50 Å². The number of hydrogen-bond acceptors (Lipinski definition) is 2.